The molecular weight excluding hydrogens is 392 g/mol. The molecule has 0 amide bonds. The molecule has 0 aromatic carbocycles. The maximum absolute atomic E-state index is 10.4. The van der Waals surface area contributed by atoms with Crippen molar-refractivity contribution in [2.75, 3.05) is 0 Å². The van der Waals surface area contributed by atoms with Crippen LogP contribution in [0.2, 0.25) is 0 Å². The zero-order valence-electron chi connectivity index (χ0n) is 10.9. The van der Waals surface area contributed by atoms with Crippen molar-refractivity contribution in [3.05, 3.63) is 36.7 Å². The first-order valence-corrected chi connectivity index (χ1v) is 8.63. The average Bonchev–Trinajstić information content (AvgIpc) is 2.92. The Bertz CT molecular complexity index is 565. The fourth-order valence-corrected chi connectivity index (χ4v) is 4.97. The summed E-state index contributed by atoms with van der Waals surface area (Å²) in [6, 6.07) is 4.05. The highest BCUT2D eigenvalue weighted by molar-refractivity contribution is 9.12. The van der Waals surface area contributed by atoms with Crippen molar-refractivity contribution in [3.63, 3.8) is 0 Å². The van der Waals surface area contributed by atoms with E-state index in [9.17, 15) is 5.11 Å². The van der Waals surface area contributed by atoms with Crippen LogP contribution in [0.4, 0.5) is 0 Å². The Kier molecular flexibility index (Phi) is 5.22. The van der Waals surface area contributed by atoms with Gasteiger partial charge in [-0.05, 0) is 57.3 Å². The second-order valence-electron chi connectivity index (χ2n) is 4.30. The Morgan fingerprint density at radius 3 is 2.63 bits per heavy atom. The molecule has 1 unspecified atom stereocenters. The van der Waals surface area contributed by atoms with E-state index < -0.39 is 6.10 Å². The van der Waals surface area contributed by atoms with Gasteiger partial charge in [-0.15, -0.1) is 11.3 Å². The van der Waals surface area contributed by atoms with E-state index in [-0.39, 0.29) is 0 Å². The van der Waals surface area contributed by atoms with Crippen LogP contribution in [0.1, 0.15) is 36.9 Å². The summed E-state index contributed by atoms with van der Waals surface area (Å²) in [6.07, 6.45) is 0.996. The Morgan fingerprint density at radius 2 is 2.11 bits per heavy atom. The van der Waals surface area contributed by atoms with E-state index in [1.807, 2.05) is 10.7 Å². The summed E-state index contributed by atoms with van der Waals surface area (Å²) in [5.74, 6) is 0. The number of rotatable bonds is 5. The SMILES string of the molecule is CCc1cc(CC(O)c2cc(Br)sc2Br)n(CC)n1. The number of aryl methyl sites for hydroxylation is 2. The van der Waals surface area contributed by atoms with Crippen LogP contribution in [-0.4, -0.2) is 14.9 Å². The molecule has 0 spiro atoms. The van der Waals surface area contributed by atoms with Gasteiger partial charge in [-0.3, -0.25) is 4.68 Å². The second kappa shape index (κ2) is 6.52. The molecular formula is C13H16Br2N2OS. The van der Waals surface area contributed by atoms with Gasteiger partial charge in [-0.1, -0.05) is 6.92 Å². The minimum Gasteiger partial charge on any atom is -0.388 e. The smallest absolute Gasteiger partial charge is 0.0864 e. The molecule has 19 heavy (non-hydrogen) atoms. The van der Waals surface area contributed by atoms with Crippen molar-refractivity contribution in [2.24, 2.45) is 0 Å². The summed E-state index contributed by atoms with van der Waals surface area (Å²) < 4.78 is 3.97. The summed E-state index contributed by atoms with van der Waals surface area (Å²) >= 11 is 8.51. The number of hydrogen-bond acceptors (Lipinski definition) is 3. The predicted octanol–water partition coefficient (Wildman–Crippen LogP) is 4.33. The normalized spacial score (nSPS) is 12.9. The standard InChI is InChI=1S/C13H16Br2N2OS/c1-3-8-5-9(17(4-2)16-8)6-11(18)10-7-12(14)19-13(10)15/h5,7,11,18H,3-4,6H2,1-2H3. The highest BCUT2D eigenvalue weighted by atomic mass is 79.9. The molecule has 2 heterocycles. The van der Waals surface area contributed by atoms with E-state index in [0.29, 0.717) is 6.42 Å². The molecule has 0 bridgehead atoms. The lowest BCUT2D eigenvalue weighted by Gasteiger charge is -2.10. The van der Waals surface area contributed by atoms with E-state index in [1.165, 1.54) is 0 Å². The molecule has 1 N–H and O–H groups in total. The summed E-state index contributed by atoms with van der Waals surface area (Å²) in [6.45, 7) is 4.99. The molecule has 1 atom stereocenters. The third-order valence-corrected chi connectivity index (χ3v) is 5.41. The monoisotopic (exact) mass is 406 g/mol. The zero-order chi connectivity index (χ0) is 14.0. The first kappa shape index (κ1) is 15.2. The molecule has 2 rings (SSSR count). The highest BCUT2D eigenvalue weighted by Crippen LogP contribution is 2.36. The van der Waals surface area contributed by atoms with Gasteiger partial charge in [0.1, 0.15) is 0 Å². The minimum absolute atomic E-state index is 0.511. The third-order valence-electron chi connectivity index (χ3n) is 3.02. The number of aliphatic hydroxyl groups is 1. The van der Waals surface area contributed by atoms with Gasteiger partial charge in [0, 0.05) is 24.2 Å². The average molecular weight is 408 g/mol. The number of hydrogen-bond donors (Lipinski definition) is 1. The summed E-state index contributed by atoms with van der Waals surface area (Å²) in [5.41, 5.74) is 3.09. The second-order valence-corrected chi connectivity index (χ2v) is 8.05. The molecule has 2 aromatic rings. The quantitative estimate of drug-likeness (QED) is 0.800. The number of aromatic nitrogens is 2. The molecule has 2 aromatic heterocycles. The van der Waals surface area contributed by atoms with Crippen LogP contribution in [0.15, 0.2) is 19.7 Å². The molecule has 0 aliphatic heterocycles. The lowest BCUT2D eigenvalue weighted by Crippen LogP contribution is -2.08. The maximum atomic E-state index is 10.4. The molecule has 0 aliphatic carbocycles. The largest absolute Gasteiger partial charge is 0.388 e. The van der Waals surface area contributed by atoms with Crippen LogP contribution in [0, 0.1) is 0 Å². The molecule has 3 nitrogen and oxygen atoms in total. The molecule has 0 saturated carbocycles. The Balaban J connectivity index is 2.20. The highest BCUT2D eigenvalue weighted by Gasteiger charge is 2.17. The summed E-state index contributed by atoms with van der Waals surface area (Å²) in [5, 5.41) is 14.9. The molecule has 6 heteroatoms. The van der Waals surface area contributed by atoms with Gasteiger partial charge < -0.3 is 5.11 Å². The van der Waals surface area contributed by atoms with Crippen LogP contribution in [0.3, 0.4) is 0 Å². The van der Waals surface area contributed by atoms with E-state index in [4.69, 9.17) is 0 Å². The Hall–Kier alpha value is -0.170. The lowest BCUT2D eigenvalue weighted by atomic mass is 10.1. The van der Waals surface area contributed by atoms with E-state index >= 15 is 0 Å². The number of halogens is 2. The van der Waals surface area contributed by atoms with Gasteiger partial charge in [0.25, 0.3) is 0 Å². The first-order valence-electron chi connectivity index (χ1n) is 6.23. The molecule has 0 saturated heterocycles. The van der Waals surface area contributed by atoms with Crippen molar-refractivity contribution >= 4 is 43.2 Å². The van der Waals surface area contributed by atoms with Crippen molar-refractivity contribution in [1.82, 2.24) is 9.78 Å². The van der Waals surface area contributed by atoms with Crippen LogP contribution < -0.4 is 0 Å². The lowest BCUT2D eigenvalue weighted by molar-refractivity contribution is 0.175. The topological polar surface area (TPSA) is 38.0 Å². The molecule has 0 aliphatic rings. The van der Waals surface area contributed by atoms with Gasteiger partial charge in [0.05, 0.1) is 19.4 Å². The van der Waals surface area contributed by atoms with Crippen molar-refractivity contribution in [2.45, 2.75) is 39.3 Å². The Morgan fingerprint density at radius 1 is 1.37 bits per heavy atom. The molecule has 0 radical (unpaired) electrons. The van der Waals surface area contributed by atoms with Crippen LogP contribution >= 0.6 is 43.2 Å². The summed E-state index contributed by atoms with van der Waals surface area (Å²) in [7, 11) is 0. The maximum Gasteiger partial charge on any atom is 0.0864 e. The van der Waals surface area contributed by atoms with Gasteiger partial charge in [-0.25, -0.2) is 0 Å². The van der Waals surface area contributed by atoms with Crippen molar-refractivity contribution in [3.8, 4) is 0 Å². The number of nitrogens with zero attached hydrogens (tertiary/aromatic N) is 2. The van der Waals surface area contributed by atoms with Crippen LogP contribution in [0.25, 0.3) is 0 Å². The first-order chi connectivity index (χ1) is 9.05. The minimum atomic E-state index is -0.511. The van der Waals surface area contributed by atoms with E-state index in [2.05, 4.69) is 56.9 Å². The fraction of sp³-hybridized carbons (Fsp3) is 0.462. The van der Waals surface area contributed by atoms with Gasteiger partial charge in [-0.2, -0.15) is 5.10 Å². The van der Waals surface area contributed by atoms with Crippen molar-refractivity contribution < 1.29 is 5.11 Å². The molecule has 104 valence electrons. The van der Waals surface area contributed by atoms with Gasteiger partial charge in [0.2, 0.25) is 0 Å². The third kappa shape index (κ3) is 3.48. The predicted molar refractivity (Wildman–Crippen MR) is 85.7 cm³/mol. The Labute approximate surface area is 133 Å². The van der Waals surface area contributed by atoms with Crippen molar-refractivity contribution in [1.29, 1.82) is 0 Å². The zero-order valence-corrected chi connectivity index (χ0v) is 14.8. The summed E-state index contributed by atoms with van der Waals surface area (Å²) in [4.78, 5) is 0. The fourth-order valence-electron chi connectivity index (χ4n) is 2.01. The van der Waals surface area contributed by atoms with Crippen LogP contribution in [0.5, 0.6) is 0 Å². The van der Waals surface area contributed by atoms with E-state index in [1.54, 1.807) is 11.3 Å². The number of aliphatic hydroxyl groups excluding tert-OH is 1. The van der Waals surface area contributed by atoms with Gasteiger partial charge >= 0.3 is 0 Å². The molecule has 0 fully saturated rings. The number of thiophene rings is 1. The van der Waals surface area contributed by atoms with E-state index in [0.717, 1.165) is 37.5 Å². The van der Waals surface area contributed by atoms with Crippen LogP contribution in [-0.2, 0) is 19.4 Å². The van der Waals surface area contributed by atoms with Gasteiger partial charge in [0.15, 0.2) is 0 Å².